The minimum absolute atomic E-state index is 0.0803. The fourth-order valence-corrected chi connectivity index (χ4v) is 0.675. The lowest BCUT2D eigenvalue weighted by Crippen LogP contribution is -2.39. The molecule has 0 saturated heterocycles. The third-order valence-electron chi connectivity index (χ3n) is 1.95. The van der Waals surface area contributed by atoms with Gasteiger partial charge in [-0.3, -0.25) is 4.79 Å². The van der Waals surface area contributed by atoms with E-state index in [0.29, 0.717) is 0 Å². The normalized spacial score (nSPS) is 15.5. The molecule has 0 aromatic carbocycles. The lowest BCUT2D eigenvalue weighted by molar-refractivity contribution is -0.146. The highest BCUT2D eigenvalue weighted by Gasteiger charge is 2.19. The van der Waals surface area contributed by atoms with E-state index in [9.17, 15) is 4.79 Å². The number of nitrogens with two attached hydrogens (primary N) is 2. The maximum absolute atomic E-state index is 11.2. The van der Waals surface area contributed by atoms with Crippen molar-refractivity contribution in [3.8, 4) is 0 Å². The summed E-state index contributed by atoms with van der Waals surface area (Å²) in [6.07, 6.45) is 0.796. The molecule has 0 aromatic heterocycles. The molecule has 0 unspecified atom stereocenters. The Morgan fingerprint density at radius 2 is 1.92 bits per heavy atom. The number of carbonyl (C=O) groups excluding carboxylic acids is 1. The maximum Gasteiger partial charge on any atom is 0.323 e. The number of hydrogen-bond donors (Lipinski definition) is 2. The zero-order valence-electron chi connectivity index (χ0n) is 8.62. The molecule has 0 radical (unpaired) electrons. The Hall–Kier alpha value is -0.610. The number of carbonyl (C=O) groups is 1. The fraction of sp³-hybridized carbons (Fsp3) is 0.889. The van der Waals surface area contributed by atoms with Gasteiger partial charge in [0.2, 0.25) is 0 Å². The van der Waals surface area contributed by atoms with Crippen molar-refractivity contribution in [3.05, 3.63) is 0 Å². The van der Waals surface area contributed by atoms with Gasteiger partial charge in [-0.1, -0.05) is 20.8 Å². The molecule has 0 aromatic rings. The van der Waals surface area contributed by atoms with E-state index in [1.807, 2.05) is 20.8 Å². The molecule has 0 aliphatic heterocycles. The van der Waals surface area contributed by atoms with Crippen LogP contribution in [0.5, 0.6) is 0 Å². The summed E-state index contributed by atoms with van der Waals surface area (Å²) in [5.41, 5.74) is 11.2. The zero-order valence-corrected chi connectivity index (χ0v) is 8.62. The molecule has 4 N–H and O–H groups in total. The molecule has 0 fully saturated rings. The van der Waals surface area contributed by atoms with Crippen LogP contribution in [0.2, 0.25) is 0 Å². The fourth-order valence-electron chi connectivity index (χ4n) is 0.675. The molecule has 0 rings (SSSR count). The van der Waals surface area contributed by atoms with E-state index < -0.39 is 6.04 Å². The molecule has 0 spiro atoms. The maximum atomic E-state index is 11.2. The summed E-state index contributed by atoms with van der Waals surface area (Å²) in [5, 5.41) is 0. The van der Waals surface area contributed by atoms with Gasteiger partial charge < -0.3 is 16.2 Å². The average Bonchev–Trinajstić information content (AvgIpc) is 2.11. The van der Waals surface area contributed by atoms with Crippen molar-refractivity contribution in [2.24, 2.45) is 17.4 Å². The van der Waals surface area contributed by atoms with Gasteiger partial charge in [-0.15, -0.1) is 0 Å². The molecule has 4 heteroatoms. The second-order valence-electron chi connectivity index (χ2n) is 3.57. The van der Waals surface area contributed by atoms with E-state index in [2.05, 4.69) is 0 Å². The van der Waals surface area contributed by atoms with E-state index in [1.165, 1.54) is 0 Å². The lowest BCUT2D eigenvalue weighted by atomic mass is 10.1. The largest absolute Gasteiger partial charge is 0.463 e. The van der Waals surface area contributed by atoms with Crippen LogP contribution in [-0.2, 0) is 9.53 Å². The predicted octanol–water partition coefficient (Wildman–Crippen LogP) is 0.250. The summed E-state index contributed by atoms with van der Waals surface area (Å²) >= 11 is 0. The molecule has 0 saturated carbocycles. The first-order chi connectivity index (χ1) is 5.99. The Morgan fingerprint density at radius 1 is 1.38 bits per heavy atom. The molecule has 0 aliphatic carbocycles. The van der Waals surface area contributed by atoms with Gasteiger partial charge in [0.25, 0.3) is 0 Å². The van der Waals surface area contributed by atoms with Gasteiger partial charge in [-0.05, 0) is 12.3 Å². The summed E-state index contributed by atoms with van der Waals surface area (Å²) < 4.78 is 4.93. The molecule has 2 atom stereocenters. The third kappa shape index (κ3) is 4.85. The van der Waals surface area contributed by atoms with Crippen LogP contribution in [0.1, 0.15) is 27.2 Å². The van der Waals surface area contributed by atoms with Crippen molar-refractivity contribution in [1.29, 1.82) is 0 Å². The monoisotopic (exact) mass is 188 g/mol. The van der Waals surface area contributed by atoms with Gasteiger partial charge in [0.05, 0.1) is 0 Å². The van der Waals surface area contributed by atoms with E-state index in [-0.39, 0.29) is 24.5 Å². The van der Waals surface area contributed by atoms with E-state index in [1.54, 1.807) is 0 Å². The number of ether oxygens (including phenoxy) is 1. The Balaban J connectivity index is 3.74. The molecule has 0 bridgehead atoms. The van der Waals surface area contributed by atoms with Gasteiger partial charge in [0.15, 0.2) is 0 Å². The average molecular weight is 188 g/mol. The minimum atomic E-state index is -0.538. The SMILES string of the molecule is CC[C@@H](N)COC(=O)[C@@H](N)C(C)C. The minimum Gasteiger partial charge on any atom is -0.463 e. The Kier molecular flexibility index (Phi) is 5.66. The summed E-state index contributed by atoms with van der Waals surface area (Å²) in [5.74, 6) is -0.260. The molecular formula is C9H20N2O2. The first-order valence-electron chi connectivity index (χ1n) is 4.66. The van der Waals surface area contributed by atoms with Crippen molar-refractivity contribution >= 4 is 5.97 Å². The van der Waals surface area contributed by atoms with Crippen molar-refractivity contribution < 1.29 is 9.53 Å². The van der Waals surface area contributed by atoms with Crippen LogP contribution in [0.3, 0.4) is 0 Å². The van der Waals surface area contributed by atoms with Crippen LogP contribution in [-0.4, -0.2) is 24.7 Å². The second kappa shape index (κ2) is 5.94. The molecule has 0 amide bonds. The molecule has 0 aliphatic rings. The van der Waals surface area contributed by atoms with Crippen LogP contribution in [0.25, 0.3) is 0 Å². The first-order valence-corrected chi connectivity index (χ1v) is 4.66. The molecule has 13 heavy (non-hydrogen) atoms. The van der Waals surface area contributed by atoms with Crippen LogP contribution < -0.4 is 11.5 Å². The van der Waals surface area contributed by atoms with Crippen molar-refractivity contribution in [3.63, 3.8) is 0 Å². The highest BCUT2D eigenvalue weighted by Crippen LogP contribution is 2.01. The number of rotatable bonds is 5. The Bertz CT molecular complexity index is 160. The summed E-state index contributed by atoms with van der Waals surface area (Å²) in [4.78, 5) is 11.2. The van der Waals surface area contributed by atoms with Gasteiger partial charge in [0.1, 0.15) is 12.6 Å². The van der Waals surface area contributed by atoms with Gasteiger partial charge in [0, 0.05) is 6.04 Å². The van der Waals surface area contributed by atoms with Crippen LogP contribution in [0.15, 0.2) is 0 Å². The lowest BCUT2D eigenvalue weighted by Gasteiger charge is -2.16. The smallest absolute Gasteiger partial charge is 0.323 e. The zero-order chi connectivity index (χ0) is 10.4. The van der Waals surface area contributed by atoms with E-state index in [0.717, 1.165) is 6.42 Å². The Labute approximate surface area is 79.6 Å². The van der Waals surface area contributed by atoms with E-state index >= 15 is 0 Å². The van der Waals surface area contributed by atoms with Crippen LogP contribution >= 0.6 is 0 Å². The topological polar surface area (TPSA) is 78.3 Å². The van der Waals surface area contributed by atoms with Crippen LogP contribution in [0.4, 0.5) is 0 Å². The summed E-state index contributed by atoms with van der Waals surface area (Å²) in [6.45, 7) is 5.97. The number of esters is 1. The molecular weight excluding hydrogens is 168 g/mol. The quantitative estimate of drug-likeness (QED) is 0.606. The first kappa shape index (κ1) is 12.4. The van der Waals surface area contributed by atoms with Crippen molar-refractivity contribution in [1.82, 2.24) is 0 Å². The van der Waals surface area contributed by atoms with Crippen molar-refractivity contribution in [2.45, 2.75) is 39.3 Å². The third-order valence-corrected chi connectivity index (χ3v) is 1.95. The molecule has 4 nitrogen and oxygen atoms in total. The highest BCUT2D eigenvalue weighted by atomic mass is 16.5. The summed E-state index contributed by atoms with van der Waals surface area (Å²) in [7, 11) is 0. The van der Waals surface area contributed by atoms with E-state index in [4.69, 9.17) is 16.2 Å². The number of hydrogen-bond acceptors (Lipinski definition) is 4. The highest BCUT2D eigenvalue weighted by molar-refractivity contribution is 5.75. The summed E-state index contributed by atoms with van der Waals surface area (Å²) in [6, 6.07) is -0.618. The predicted molar refractivity (Wildman–Crippen MR) is 52.0 cm³/mol. The second-order valence-corrected chi connectivity index (χ2v) is 3.57. The molecule has 0 heterocycles. The van der Waals surface area contributed by atoms with Crippen molar-refractivity contribution in [2.75, 3.05) is 6.61 Å². The van der Waals surface area contributed by atoms with Crippen LogP contribution in [0, 0.1) is 5.92 Å². The van der Waals surface area contributed by atoms with Gasteiger partial charge in [-0.25, -0.2) is 0 Å². The van der Waals surface area contributed by atoms with Gasteiger partial charge in [-0.2, -0.15) is 0 Å². The van der Waals surface area contributed by atoms with Gasteiger partial charge >= 0.3 is 5.97 Å². The Morgan fingerprint density at radius 3 is 2.31 bits per heavy atom. The standard InChI is InChI=1S/C9H20N2O2/c1-4-7(10)5-13-9(12)8(11)6(2)3/h6-8H,4-5,10-11H2,1-3H3/t7-,8+/m1/s1. The molecule has 78 valence electrons.